The lowest BCUT2D eigenvalue weighted by atomic mass is 10.0. The smallest absolute Gasteiger partial charge is 0.262 e. The standard InChI is InChI=1S/C23H25N3O2S/c1-5-14-26-22(28)18-11-7-9-13-20(18)25-23(26)29-16(4)21(27)24-19-12-8-6-10-17(19)15(2)3/h5-13,15-16H,1,14H2,2-4H3,(H,24,27). The third-order valence-corrected chi connectivity index (χ3v) is 5.72. The second-order valence-corrected chi connectivity index (χ2v) is 8.42. The van der Waals surface area contributed by atoms with Gasteiger partial charge >= 0.3 is 0 Å². The van der Waals surface area contributed by atoms with Gasteiger partial charge in [-0.15, -0.1) is 6.58 Å². The van der Waals surface area contributed by atoms with E-state index in [2.05, 4.69) is 30.7 Å². The van der Waals surface area contributed by atoms with Crippen LogP contribution in [0.25, 0.3) is 10.9 Å². The zero-order valence-corrected chi connectivity index (χ0v) is 17.7. The van der Waals surface area contributed by atoms with Crippen LogP contribution in [0.3, 0.4) is 0 Å². The third kappa shape index (κ3) is 4.59. The molecule has 1 N–H and O–H groups in total. The third-order valence-electron chi connectivity index (χ3n) is 4.63. The van der Waals surface area contributed by atoms with Gasteiger partial charge in [0.25, 0.3) is 5.56 Å². The molecule has 5 nitrogen and oxygen atoms in total. The fourth-order valence-corrected chi connectivity index (χ4v) is 4.01. The number of carbonyl (C=O) groups excluding carboxylic acids is 1. The van der Waals surface area contributed by atoms with Crippen molar-refractivity contribution < 1.29 is 4.79 Å². The number of nitrogens with one attached hydrogen (secondary N) is 1. The molecule has 1 unspecified atom stereocenters. The maximum Gasteiger partial charge on any atom is 0.262 e. The minimum atomic E-state index is -0.431. The number of allylic oxidation sites excluding steroid dienone is 1. The second-order valence-electron chi connectivity index (χ2n) is 7.11. The molecule has 0 aliphatic rings. The van der Waals surface area contributed by atoms with Crippen LogP contribution in [0.2, 0.25) is 0 Å². The molecule has 0 aliphatic carbocycles. The first-order valence-electron chi connectivity index (χ1n) is 9.59. The molecule has 0 saturated heterocycles. The Labute approximate surface area is 174 Å². The van der Waals surface area contributed by atoms with E-state index >= 15 is 0 Å². The number of thioether (sulfide) groups is 1. The number of nitrogens with zero attached hydrogens (tertiary/aromatic N) is 2. The average molecular weight is 408 g/mol. The van der Waals surface area contributed by atoms with Crippen LogP contribution in [0, 0.1) is 0 Å². The molecule has 6 heteroatoms. The highest BCUT2D eigenvalue weighted by atomic mass is 32.2. The molecule has 29 heavy (non-hydrogen) atoms. The van der Waals surface area contributed by atoms with Crippen LogP contribution in [0.15, 0.2) is 71.1 Å². The first-order chi connectivity index (χ1) is 13.9. The van der Waals surface area contributed by atoms with Gasteiger partial charge in [0.2, 0.25) is 5.91 Å². The van der Waals surface area contributed by atoms with Gasteiger partial charge in [-0.1, -0.05) is 62.0 Å². The van der Waals surface area contributed by atoms with Crippen molar-refractivity contribution in [1.82, 2.24) is 9.55 Å². The number of hydrogen-bond acceptors (Lipinski definition) is 4. The van der Waals surface area contributed by atoms with E-state index in [0.29, 0.717) is 28.5 Å². The molecule has 0 fully saturated rings. The number of amides is 1. The maximum atomic E-state index is 12.9. The monoisotopic (exact) mass is 407 g/mol. The van der Waals surface area contributed by atoms with Gasteiger partial charge in [-0.3, -0.25) is 14.2 Å². The van der Waals surface area contributed by atoms with E-state index in [1.165, 1.54) is 11.8 Å². The summed E-state index contributed by atoms with van der Waals surface area (Å²) in [5.41, 5.74) is 2.40. The molecule has 2 aromatic carbocycles. The number of fused-ring (bicyclic) bond motifs is 1. The molecule has 3 aromatic rings. The Kier molecular flexibility index (Phi) is 6.54. The summed E-state index contributed by atoms with van der Waals surface area (Å²) in [7, 11) is 0. The number of rotatable bonds is 7. The SMILES string of the molecule is C=CCn1c(SC(C)C(=O)Nc2ccccc2C(C)C)nc2ccccc2c1=O. The van der Waals surface area contributed by atoms with Gasteiger partial charge in [0.1, 0.15) is 0 Å². The Hall–Kier alpha value is -2.86. The topological polar surface area (TPSA) is 64.0 Å². The van der Waals surface area contributed by atoms with Gasteiger partial charge in [0.15, 0.2) is 5.16 Å². The van der Waals surface area contributed by atoms with E-state index in [4.69, 9.17) is 0 Å². The zero-order valence-electron chi connectivity index (χ0n) is 16.9. The normalized spacial score (nSPS) is 12.1. The summed E-state index contributed by atoms with van der Waals surface area (Å²) in [6, 6.07) is 15.0. The first-order valence-corrected chi connectivity index (χ1v) is 10.5. The molecule has 3 rings (SSSR count). The Morgan fingerprint density at radius 1 is 1.17 bits per heavy atom. The van der Waals surface area contributed by atoms with Crippen LogP contribution in [-0.4, -0.2) is 20.7 Å². The number of benzene rings is 2. The van der Waals surface area contributed by atoms with Gasteiger partial charge < -0.3 is 5.32 Å². The highest BCUT2D eigenvalue weighted by molar-refractivity contribution is 8.00. The molecule has 0 radical (unpaired) electrons. The predicted octanol–water partition coefficient (Wildman–Crippen LogP) is 4.83. The van der Waals surface area contributed by atoms with Crippen LogP contribution in [0.5, 0.6) is 0 Å². The number of para-hydroxylation sites is 2. The molecule has 0 saturated carbocycles. The van der Waals surface area contributed by atoms with E-state index in [9.17, 15) is 9.59 Å². The molecule has 1 amide bonds. The van der Waals surface area contributed by atoms with Crippen LogP contribution in [-0.2, 0) is 11.3 Å². The summed E-state index contributed by atoms with van der Waals surface area (Å²) in [5, 5.41) is 3.65. The molecular weight excluding hydrogens is 382 g/mol. The van der Waals surface area contributed by atoms with Crippen molar-refractivity contribution in [3.05, 3.63) is 77.1 Å². The Morgan fingerprint density at radius 3 is 2.59 bits per heavy atom. The van der Waals surface area contributed by atoms with E-state index in [1.54, 1.807) is 16.7 Å². The first kappa shape index (κ1) is 20.9. The highest BCUT2D eigenvalue weighted by Crippen LogP contribution is 2.27. The summed E-state index contributed by atoms with van der Waals surface area (Å²) in [6.07, 6.45) is 1.66. The molecular formula is C23H25N3O2S. The minimum Gasteiger partial charge on any atom is -0.325 e. The average Bonchev–Trinajstić information content (AvgIpc) is 2.71. The summed E-state index contributed by atoms with van der Waals surface area (Å²) in [4.78, 5) is 30.3. The molecule has 1 atom stereocenters. The second kappa shape index (κ2) is 9.09. The Balaban J connectivity index is 1.88. The number of anilines is 1. The lowest BCUT2D eigenvalue weighted by Gasteiger charge is -2.17. The van der Waals surface area contributed by atoms with Gasteiger partial charge in [-0.2, -0.15) is 0 Å². The molecule has 150 valence electrons. The fraction of sp³-hybridized carbons (Fsp3) is 0.261. The number of aromatic nitrogens is 2. The van der Waals surface area contributed by atoms with Crippen LogP contribution in [0.1, 0.15) is 32.3 Å². The summed E-state index contributed by atoms with van der Waals surface area (Å²) in [6.45, 7) is 10.1. The van der Waals surface area contributed by atoms with Crippen molar-refractivity contribution in [3.8, 4) is 0 Å². The molecule has 0 spiro atoms. The van der Waals surface area contributed by atoms with Crippen molar-refractivity contribution in [2.24, 2.45) is 0 Å². The number of carbonyl (C=O) groups is 1. The van der Waals surface area contributed by atoms with Gasteiger partial charge in [-0.25, -0.2) is 4.98 Å². The molecule has 0 aliphatic heterocycles. The van der Waals surface area contributed by atoms with Crippen LogP contribution < -0.4 is 10.9 Å². The Morgan fingerprint density at radius 2 is 1.86 bits per heavy atom. The van der Waals surface area contributed by atoms with Gasteiger partial charge in [-0.05, 0) is 36.6 Å². The summed E-state index contributed by atoms with van der Waals surface area (Å²) in [5.74, 6) is 0.171. The largest absolute Gasteiger partial charge is 0.325 e. The van der Waals surface area contributed by atoms with E-state index < -0.39 is 5.25 Å². The van der Waals surface area contributed by atoms with Crippen molar-refractivity contribution in [2.45, 2.75) is 43.6 Å². The Bertz CT molecular complexity index is 1100. The van der Waals surface area contributed by atoms with Crippen molar-refractivity contribution in [2.75, 3.05) is 5.32 Å². The lowest BCUT2D eigenvalue weighted by Crippen LogP contribution is -2.27. The van der Waals surface area contributed by atoms with Crippen molar-refractivity contribution in [1.29, 1.82) is 0 Å². The minimum absolute atomic E-state index is 0.129. The van der Waals surface area contributed by atoms with Gasteiger partial charge in [0, 0.05) is 12.2 Å². The van der Waals surface area contributed by atoms with E-state index in [-0.39, 0.29) is 11.5 Å². The lowest BCUT2D eigenvalue weighted by molar-refractivity contribution is -0.115. The highest BCUT2D eigenvalue weighted by Gasteiger charge is 2.20. The van der Waals surface area contributed by atoms with Crippen LogP contribution in [0.4, 0.5) is 5.69 Å². The quantitative estimate of drug-likeness (QED) is 0.346. The van der Waals surface area contributed by atoms with E-state index in [0.717, 1.165) is 11.3 Å². The molecule has 0 bridgehead atoms. The van der Waals surface area contributed by atoms with Gasteiger partial charge in [0.05, 0.1) is 16.2 Å². The summed E-state index contributed by atoms with van der Waals surface area (Å²) < 4.78 is 1.56. The molecule has 1 aromatic heterocycles. The van der Waals surface area contributed by atoms with E-state index in [1.807, 2.05) is 49.4 Å². The number of hydrogen-bond donors (Lipinski definition) is 1. The predicted molar refractivity (Wildman–Crippen MR) is 121 cm³/mol. The summed E-state index contributed by atoms with van der Waals surface area (Å²) >= 11 is 1.27. The van der Waals surface area contributed by atoms with Crippen molar-refractivity contribution >= 4 is 34.3 Å². The molecule has 1 heterocycles. The zero-order chi connectivity index (χ0) is 21.0. The van der Waals surface area contributed by atoms with Crippen molar-refractivity contribution in [3.63, 3.8) is 0 Å². The maximum absolute atomic E-state index is 12.9. The fourth-order valence-electron chi connectivity index (χ4n) is 3.09. The van der Waals surface area contributed by atoms with Crippen LogP contribution >= 0.6 is 11.8 Å².